The summed E-state index contributed by atoms with van der Waals surface area (Å²) in [5, 5.41) is 2.78. The second-order valence-corrected chi connectivity index (χ2v) is 6.02. The van der Waals surface area contributed by atoms with Crippen molar-refractivity contribution in [2.24, 2.45) is 4.99 Å². The highest BCUT2D eigenvalue weighted by atomic mass is 16.6. The van der Waals surface area contributed by atoms with Gasteiger partial charge in [-0.25, -0.2) is 0 Å². The quantitative estimate of drug-likeness (QED) is 0.772. The lowest BCUT2D eigenvalue weighted by Crippen LogP contribution is -2.29. The Morgan fingerprint density at radius 2 is 1.73 bits per heavy atom. The molecule has 0 aliphatic carbocycles. The molecule has 0 bridgehead atoms. The van der Waals surface area contributed by atoms with Gasteiger partial charge in [-0.3, -0.25) is 20.1 Å². The van der Waals surface area contributed by atoms with Gasteiger partial charge in [0, 0.05) is 18.7 Å². The maximum Gasteiger partial charge on any atom is 0.253 e. The van der Waals surface area contributed by atoms with Crippen molar-refractivity contribution in [1.29, 1.82) is 0 Å². The number of hydroxylamine groups is 1. The molecule has 0 unspecified atom stereocenters. The van der Waals surface area contributed by atoms with Gasteiger partial charge in [-0.05, 0) is 49.2 Å². The number of hydrogen-bond donors (Lipinski definition) is 2. The van der Waals surface area contributed by atoms with Gasteiger partial charge in [-0.15, -0.1) is 0 Å². The van der Waals surface area contributed by atoms with Gasteiger partial charge in [0.1, 0.15) is 17.3 Å². The standard InChI is InChI=1S/C20H23N3O3/c24-20(15-25-23-19-9-5-2-6-14-21-19)22-16-10-12-18(13-11-16)26-17-7-3-1-4-8-17/h1,3-4,7-8,10-13H,2,5-6,9,14-15H2,(H,21,23)(H,22,24). The topological polar surface area (TPSA) is 72.0 Å². The van der Waals surface area contributed by atoms with E-state index < -0.39 is 0 Å². The fourth-order valence-electron chi connectivity index (χ4n) is 2.57. The molecular weight excluding hydrogens is 330 g/mol. The van der Waals surface area contributed by atoms with Crippen molar-refractivity contribution in [2.45, 2.75) is 25.7 Å². The number of para-hydroxylation sites is 1. The molecule has 3 rings (SSSR count). The Balaban J connectivity index is 1.42. The molecular formula is C20H23N3O3. The Hall–Kier alpha value is -2.86. The minimum Gasteiger partial charge on any atom is -0.457 e. The van der Waals surface area contributed by atoms with Crippen LogP contribution in [-0.2, 0) is 9.63 Å². The first kappa shape index (κ1) is 17.9. The minimum atomic E-state index is -0.233. The smallest absolute Gasteiger partial charge is 0.253 e. The molecule has 2 N–H and O–H groups in total. The SMILES string of the molecule is O=C(CONC1=NCCCCC1)Nc1ccc(Oc2ccccc2)cc1. The fraction of sp³-hybridized carbons (Fsp3) is 0.300. The Labute approximate surface area is 153 Å². The van der Waals surface area contributed by atoms with E-state index in [-0.39, 0.29) is 12.5 Å². The molecule has 0 saturated heterocycles. The van der Waals surface area contributed by atoms with E-state index in [1.54, 1.807) is 12.1 Å². The van der Waals surface area contributed by atoms with Gasteiger partial charge < -0.3 is 10.1 Å². The van der Waals surface area contributed by atoms with E-state index in [0.717, 1.165) is 37.4 Å². The normalized spacial score (nSPS) is 14.1. The van der Waals surface area contributed by atoms with E-state index >= 15 is 0 Å². The van der Waals surface area contributed by atoms with E-state index in [2.05, 4.69) is 15.8 Å². The third-order valence-corrected chi connectivity index (χ3v) is 3.88. The van der Waals surface area contributed by atoms with Crippen molar-refractivity contribution in [3.05, 3.63) is 54.6 Å². The second kappa shape index (κ2) is 9.58. The van der Waals surface area contributed by atoms with E-state index in [0.29, 0.717) is 11.4 Å². The third kappa shape index (κ3) is 5.89. The van der Waals surface area contributed by atoms with E-state index in [1.807, 2.05) is 42.5 Å². The van der Waals surface area contributed by atoms with Gasteiger partial charge in [0.25, 0.3) is 5.91 Å². The molecule has 136 valence electrons. The molecule has 1 heterocycles. The fourth-order valence-corrected chi connectivity index (χ4v) is 2.57. The van der Waals surface area contributed by atoms with Crippen LogP contribution in [0, 0.1) is 0 Å². The highest BCUT2D eigenvalue weighted by Crippen LogP contribution is 2.22. The molecule has 1 aliphatic heterocycles. The summed E-state index contributed by atoms with van der Waals surface area (Å²) in [7, 11) is 0. The molecule has 1 amide bonds. The van der Waals surface area contributed by atoms with E-state index in [4.69, 9.17) is 9.57 Å². The number of carbonyl (C=O) groups is 1. The lowest BCUT2D eigenvalue weighted by atomic mass is 10.2. The summed E-state index contributed by atoms with van der Waals surface area (Å²) in [6.45, 7) is 0.733. The summed E-state index contributed by atoms with van der Waals surface area (Å²) in [5.41, 5.74) is 3.47. The van der Waals surface area contributed by atoms with Crippen LogP contribution in [0.2, 0.25) is 0 Å². The molecule has 6 nitrogen and oxygen atoms in total. The first-order valence-corrected chi connectivity index (χ1v) is 8.83. The maximum atomic E-state index is 12.0. The highest BCUT2D eigenvalue weighted by molar-refractivity contribution is 5.91. The zero-order chi connectivity index (χ0) is 18.0. The van der Waals surface area contributed by atoms with Crippen LogP contribution in [-0.4, -0.2) is 24.9 Å². The van der Waals surface area contributed by atoms with Crippen LogP contribution < -0.4 is 15.5 Å². The second-order valence-electron chi connectivity index (χ2n) is 6.02. The lowest BCUT2D eigenvalue weighted by Gasteiger charge is -2.10. The molecule has 6 heteroatoms. The molecule has 2 aromatic rings. The van der Waals surface area contributed by atoms with Crippen LogP contribution in [0.1, 0.15) is 25.7 Å². The molecule has 0 saturated carbocycles. The first-order chi connectivity index (χ1) is 12.8. The lowest BCUT2D eigenvalue weighted by molar-refractivity contribution is -0.122. The number of rotatable bonds is 6. The van der Waals surface area contributed by atoms with Gasteiger partial charge in [0.05, 0.1) is 0 Å². The Kier molecular flexibility index (Phi) is 6.61. The van der Waals surface area contributed by atoms with Crippen LogP contribution in [0.25, 0.3) is 0 Å². The molecule has 0 fully saturated rings. The number of carbonyl (C=O) groups excluding carboxylic acids is 1. The summed E-state index contributed by atoms with van der Waals surface area (Å²) in [6, 6.07) is 16.7. The average molecular weight is 353 g/mol. The largest absolute Gasteiger partial charge is 0.457 e. The number of nitrogens with zero attached hydrogens (tertiary/aromatic N) is 1. The molecule has 0 spiro atoms. The van der Waals surface area contributed by atoms with Crippen molar-refractivity contribution in [3.63, 3.8) is 0 Å². The van der Waals surface area contributed by atoms with Crippen molar-refractivity contribution in [1.82, 2.24) is 5.48 Å². The number of ether oxygens (including phenoxy) is 1. The van der Waals surface area contributed by atoms with Gasteiger partial charge in [0.2, 0.25) is 0 Å². The third-order valence-electron chi connectivity index (χ3n) is 3.88. The van der Waals surface area contributed by atoms with Gasteiger partial charge in [0.15, 0.2) is 6.61 Å². The Bertz CT molecular complexity index is 730. The average Bonchev–Trinajstić information content (AvgIpc) is 2.93. The molecule has 0 atom stereocenters. The Morgan fingerprint density at radius 3 is 2.54 bits per heavy atom. The van der Waals surface area contributed by atoms with Crippen LogP contribution in [0.4, 0.5) is 5.69 Å². The molecule has 0 radical (unpaired) electrons. The van der Waals surface area contributed by atoms with Gasteiger partial charge in [-0.1, -0.05) is 24.6 Å². The molecule has 0 aromatic heterocycles. The summed E-state index contributed by atoms with van der Waals surface area (Å²) >= 11 is 0. The number of anilines is 1. The summed E-state index contributed by atoms with van der Waals surface area (Å²) < 4.78 is 5.72. The predicted molar refractivity (Wildman–Crippen MR) is 101 cm³/mol. The van der Waals surface area contributed by atoms with Crippen LogP contribution >= 0.6 is 0 Å². The van der Waals surface area contributed by atoms with Crippen molar-refractivity contribution >= 4 is 17.4 Å². The van der Waals surface area contributed by atoms with Crippen LogP contribution in [0.15, 0.2) is 59.6 Å². The van der Waals surface area contributed by atoms with Gasteiger partial charge >= 0.3 is 0 Å². The van der Waals surface area contributed by atoms with Crippen LogP contribution in [0.5, 0.6) is 11.5 Å². The van der Waals surface area contributed by atoms with E-state index in [9.17, 15) is 4.79 Å². The summed E-state index contributed by atoms with van der Waals surface area (Å²) in [6.07, 6.45) is 4.25. The molecule has 1 aliphatic rings. The number of aliphatic imine (C=N–C) groups is 1. The van der Waals surface area contributed by atoms with E-state index in [1.165, 1.54) is 6.42 Å². The van der Waals surface area contributed by atoms with Crippen LogP contribution in [0.3, 0.4) is 0 Å². The number of amides is 1. The number of amidine groups is 1. The van der Waals surface area contributed by atoms with Crippen molar-refractivity contribution in [3.8, 4) is 11.5 Å². The zero-order valence-electron chi connectivity index (χ0n) is 14.6. The van der Waals surface area contributed by atoms with Crippen molar-refractivity contribution < 1.29 is 14.4 Å². The summed E-state index contributed by atoms with van der Waals surface area (Å²) in [4.78, 5) is 21.6. The predicted octanol–water partition coefficient (Wildman–Crippen LogP) is 3.91. The Morgan fingerprint density at radius 1 is 0.962 bits per heavy atom. The maximum absolute atomic E-state index is 12.0. The first-order valence-electron chi connectivity index (χ1n) is 8.83. The molecule has 2 aromatic carbocycles. The molecule has 26 heavy (non-hydrogen) atoms. The minimum absolute atomic E-state index is 0.0821. The highest BCUT2D eigenvalue weighted by Gasteiger charge is 2.07. The number of benzene rings is 2. The number of nitrogens with one attached hydrogen (secondary N) is 2. The number of hydrogen-bond acceptors (Lipinski definition) is 5. The van der Waals surface area contributed by atoms with Crippen molar-refractivity contribution in [2.75, 3.05) is 18.5 Å². The zero-order valence-corrected chi connectivity index (χ0v) is 14.6. The van der Waals surface area contributed by atoms with Gasteiger partial charge in [-0.2, -0.15) is 0 Å². The monoisotopic (exact) mass is 353 g/mol. The summed E-state index contributed by atoms with van der Waals surface area (Å²) in [5.74, 6) is 2.06.